The van der Waals surface area contributed by atoms with Crippen LogP contribution in [0, 0.1) is 25.5 Å². The lowest BCUT2D eigenvalue weighted by Crippen LogP contribution is -2.54. The number of hydrogen-bond donors (Lipinski definition) is 1. The molecule has 0 spiro atoms. The first-order chi connectivity index (χ1) is 15.2. The molecular formula is C23H16ClF2N3O3. The second kappa shape index (κ2) is 8.05. The zero-order valence-electron chi connectivity index (χ0n) is 16.9. The van der Waals surface area contributed by atoms with Crippen molar-refractivity contribution in [2.75, 3.05) is 4.90 Å². The lowest BCUT2D eigenvalue weighted by atomic mass is 10.1. The number of barbiturate groups is 1. The maximum atomic E-state index is 13.6. The van der Waals surface area contributed by atoms with Crippen LogP contribution < -0.4 is 10.2 Å². The Bertz CT molecular complexity index is 1310. The van der Waals surface area contributed by atoms with Crippen molar-refractivity contribution in [1.29, 1.82) is 0 Å². The maximum Gasteiger partial charge on any atom is 0.335 e. The molecule has 9 heteroatoms. The predicted octanol–water partition coefficient (Wildman–Crippen LogP) is 4.69. The van der Waals surface area contributed by atoms with Crippen LogP contribution in [0.3, 0.4) is 0 Å². The molecule has 1 aromatic heterocycles. The molecule has 162 valence electrons. The summed E-state index contributed by atoms with van der Waals surface area (Å²) in [5.74, 6) is -2.75. The molecule has 1 N–H and O–H groups in total. The fourth-order valence-corrected chi connectivity index (χ4v) is 3.77. The van der Waals surface area contributed by atoms with Crippen molar-refractivity contribution in [2.45, 2.75) is 13.8 Å². The summed E-state index contributed by atoms with van der Waals surface area (Å²) < 4.78 is 28.6. The van der Waals surface area contributed by atoms with Gasteiger partial charge in [-0.1, -0.05) is 11.6 Å². The highest BCUT2D eigenvalue weighted by Gasteiger charge is 2.37. The van der Waals surface area contributed by atoms with Gasteiger partial charge in [0, 0.05) is 17.1 Å². The van der Waals surface area contributed by atoms with Crippen LogP contribution in [0.25, 0.3) is 11.8 Å². The number of aromatic nitrogens is 1. The largest absolute Gasteiger partial charge is 0.335 e. The Hall–Kier alpha value is -3.78. The number of benzene rings is 2. The average Bonchev–Trinajstić information content (AvgIpc) is 3.01. The number of halogens is 3. The predicted molar refractivity (Wildman–Crippen MR) is 116 cm³/mol. The van der Waals surface area contributed by atoms with Crippen LogP contribution in [-0.4, -0.2) is 22.4 Å². The molecular weight excluding hydrogens is 440 g/mol. The van der Waals surface area contributed by atoms with E-state index < -0.39 is 29.5 Å². The first-order valence-electron chi connectivity index (χ1n) is 9.49. The molecule has 0 saturated carbocycles. The second-order valence-corrected chi connectivity index (χ2v) is 7.60. The number of carbonyl (C=O) groups is 3. The molecule has 4 rings (SSSR count). The van der Waals surface area contributed by atoms with E-state index in [1.165, 1.54) is 30.3 Å². The highest BCUT2D eigenvalue weighted by atomic mass is 35.5. The molecule has 1 saturated heterocycles. The van der Waals surface area contributed by atoms with E-state index in [4.69, 9.17) is 11.6 Å². The van der Waals surface area contributed by atoms with Crippen molar-refractivity contribution in [3.8, 4) is 5.69 Å². The molecule has 0 atom stereocenters. The van der Waals surface area contributed by atoms with Gasteiger partial charge >= 0.3 is 6.03 Å². The first kappa shape index (κ1) is 21.5. The van der Waals surface area contributed by atoms with Gasteiger partial charge in [-0.05, 0) is 74.0 Å². The minimum Gasteiger partial charge on any atom is -0.318 e. The number of imide groups is 2. The highest BCUT2D eigenvalue weighted by Crippen LogP contribution is 2.27. The summed E-state index contributed by atoms with van der Waals surface area (Å²) in [5, 5.41) is 2.09. The van der Waals surface area contributed by atoms with E-state index in [1.807, 2.05) is 6.92 Å². The second-order valence-electron chi connectivity index (χ2n) is 7.19. The molecule has 0 bridgehead atoms. The maximum absolute atomic E-state index is 13.6. The molecule has 0 unspecified atom stereocenters. The van der Waals surface area contributed by atoms with Crippen LogP contribution in [0.1, 0.15) is 17.0 Å². The molecule has 2 heterocycles. The standard InChI is InChI=1S/C23H16ClF2N3O3/c1-12-9-14(13(2)28(12)17-7-8-20(26)19(24)11-17)10-18-21(30)27-23(32)29(22(18)31)16-5-3-15(25)4-6-16/h3-11H,1-2H3,(H,27,30,32)/b18-10+. The third-order valence-electron chi connectivity index (χ3n) is 5.12. The van der Waals surface area contributed by atoms with E-state index >= 15 is 0 Å². The van der Waals surface area contributed by atoms with Crippen LogP contribution in [0.5, 0.6) is 0 Å². The first-order valence-corrected chi connectivity index (χ1v) is 9.86. The van der Waals surface area contributed by atoms with E-state index in [0.717, 1.165) is 22.7 Å². The summed E-state index contributed by atoms with van der Waals surface area (Å²) in [6, 6.07) is 9.86. The Kier molecular flexibility index (Phi) is 5.40. The smallest absolute Gasteiger partial charge is 0.318 e. The molecule has 4 amide bonds. The molecule has 3 aromatic rings. The number of urea groups is 1. The molecule has 1 aliphatic rings. The van der Waals surface area contributed by atoms with Crippen LogP contribution in [0.15, 0.2) is 54.1 Å². The van der Waals surface area contributed by atoms with Gasteiger partial charge in [0.05, 0.1) is 10.7 Å². The van der Waals surface area contributed by atoms with Gasteiger partial charge in [0.15, 0.2) is 0 Å². The summed E-state index contributed by atoms with van der Waals surface area (Å²) in [6.45, 7) is 3.58. The van der Waals surface area contributed by atoms with Gasteiger partial charge < -0.3 is 4.57 Å². The lowest BCUT2D eigenvalue weighted by Gasteiger charge is -2.26. The van der Waals surface area contributed by atoms with E-state index in [-0.39, 0.29) is 16.3 Å². The number of nitrogens with one attached hydrogen (secondary N) is 1. The number of anilines is 1. The summed E-state index contributed by atoms with van der Waals surface area (Å²) in [4.78, 5) is 38.5. The van der Waals surface area contributed by atoms with Crippen LogP contribution >= 0.6 is 11.6 Å². The molecule has 0 aliphatic carbocycles. The van der Waals surface area contributed by atoms with E-state index in [9.17, 15) is 23.2 Å². The van der Waals surface area contributed by atoms with Gasteiger partial charge in [-0.15, -0.1) is 0 Å². The van der Waals surface area contributed by atoms with Crippen LogP contribution in [-0.2, 0) is 9.59 Å². The SMILES string of the molecule is Cc1cc(/C=C2\C(=O)NC(=O)N(c3ccc(F)cc3)C2=O)c(C)n1-c1ccc(F)c(Cl)c1. The molecule has 6 nitrogen and oxygen atoms in total. The van der Waals surface area contributed by atoms with Crippen molar-refractivity contribution in [1.82, 2.24) is 9.88 Å². The van der Waals surface area contributed by atoms with E-state index in [0.29, 0.717) is 16.9 Å². The normalized spacial score (nSPS) is 15.5. The number of nitrogens with zero attached hydrogens (tertiary/aromatic N) is 2. The summed E-state index contributed by atoms with van der Waals surface area (Å²) in [6.07, 6.45) is 1.38. The van der Waals surface area contributed by atoms with Crippen molar-refractivity contribution >= 4 is 41.2 Å². The zero-order chi connectivity index (χ0) is 23.2. The zero-order valence-corrected chi connectivity index (χ0v) is 17.7. The summed E-state index contributed by atoms with van der Waals surface area (Å²) in [7, 11) is 0. The van der Waals surface area contributed by atoms with Gasteiger partial charge in [-0.3, -0.25) is 14.9 Å². The van der Waals surface area contributed by atoms with Crippen molar-refractivity contribution in [3.05, 3.63) is 87.7 Å². The van der Waals surface area contributed by atoms with Crippen molar-refractivity contribution in [2.24, 2.45) is 0 Å². The average molecular weight is 456 g/mol. The molecule has 32 heavy (non-hydrogen) atoms. The number of rotatable bonds is 3. The van der Waals surface area contributed by atoms with Gasteiger partial charge in [0.2, 0.25) is 0 Å². The van der Waals surface area contributed by atoms with Crippen LogP contribution in [0.2, 0.25) is 5.02 Å². The highest BCUT2D eigenvalue weighted by molar-refractivity contribution is 6.39. The van der Waals surface area contributed by atoms with Gasteiger partial charge in [0.1, 0.15) is 17.2 Å². The number of aryl methyl sites for hydroxylation is 1. The van der Waals surface area contributed by atoms with E-state index in [1.54, 1.807) is 23.6 Å². The number of carbonyl (C=O) groups excluding carboxylic acids is 3. The number of hydrogen-bond acceptors (Lipinski definition) is 3. The fraction of sp³-hybridized carbons (Fsp3) is 0.0870. The topological polar surface area (TPSA) is 71.4 Å². The number of amides is 4. The Morgan fingerprint density at radius 1 is 0.938 bits per heavy atom. The van der Waals surface area contributed by atoms with Crippen LogP contribution in [0.4, 0.5) is 19.3 Å². The Morgan fingerprint density at radius 2 is 1.59 bits per heavy atom. The van der Waals surface area contributed by atoms with Crippen molar-refractivity contribution in [3.63, 3.8) is 0 Å². The molecule has 1 aliphatic heterocycles. The quantitative estimate of drug-likeness (QED) is 0.460. The fourth-order valence-electron chi connectivity index (χ4n) is 3.59. The Morgan fingerprint density at radius 3 is 2.25 bits per heavy atom. The van der Waals surface area contributed by atoms with Gasteiger partial charge in [0.25, 0.3) is 11.8 Å². The third-order valence-corrected chi connectivity index (χ3v) is 5.41. The van der Waals surface area contributed by atoms with Gasteiger partial charge in [-0.2, -0.15) is 0 Å². The third kappa shape index (κ3) is 3.69. The molecule has 2 aromatic carbocycles. The van der Waals surface area contributed by atoms with Crippen molar-refractivity contribution < 1.29 is 23.2 Å². The minimum atomic E-state index is -0.921. The molecule has 1 fully saturated rings. The summed E-state index contributed by atoms with van der Waals surface area (Å²) in [5.41, 5.74) is 2.45. The van der Waals surface area contributed by atoms with E-state index in [2.05, 4.69) is 5.32 Å². The molecule has 0 radical (unpaired) electrons. The lowest BCUT2D eigenvalue weighted by molar-refractivity contribution is -0.122. The summed E-state index contributed by atoms with van der Waals surface area (Å²) >= 11 is 5.91. The Labute approximate surface area is 186 Å². The monoisotopic (exact) mass is 455 g/mol. The Balaban J connectivity index is 1.76. The minimum absolute atomic E-state index is 0.0369. The van der Waals surface area contributed by atoms with Gasteiger partial charge in [-0.25, -0.2) is 18.5 Å².